The maximum atomic E-state index is 12.2. The summed E-state index contributed by atoms with van der Waals surface area (Å²) in [7, 11) is 0. The van der Waals surface area contributed by atoms with Gasteiger partial charge in [0.2, 0.25) is 0 Å². The molecule has 0 atom stereocenters. The molecule has 0 aliphatic rings. The van der Waals surface area contributed by atoms with Gasteiger partial charge in [-0.1, -0.05) is 18.2 Å². The zero-order valence-corrected chi connectivity index (χ0v) is 14.1. The van der Waals surface area contributed by atoms with E-state index < -0.39 is 0 Å². The molecular formula is C19H15N5O3. The summed E-state index contributed by atoms with van der Waals surface area (Å²) in [6, 6.07) is 16.0. The monoisotopic (exact) mass is 361 g/mol. The summed E-state index contributed by atoms with van der Waals surface area (Å²) in [6.07, 6.45) is 4.92. The second-order valence-corrected chi connectivity index (χ2v) is 5.51. The largest absolute Gasteiger partial charge is 0.484 e. The van der Waals surface area contributed by atoms with Crippen molar-refractivity contribution in [2.24, 2.45) is 0 Å². The Labute approximate surface area is 154 Å². The van der Waals surface area contributed by atoms with Gasteiger partial charge in [-0.25, -0.2) is 14.6 Å². The number of para-hydroxylation sites is 1. The molecule has 0 fully saturated rings. The molecule has 134 valence electrons. The van der Waals surface area contributed by atoms with Crippen LogP contribution in [-0.4, -0.2) is 32.3 Å². The van der Waals surface area contributed by atoms with Gasteiger partial charge >= 0.3 is 0 Å². The van der Waals surface area contributed by atoms with Gasteiger partial charge in [0.25, 0.3) is 5.91 Å². The summed E-state index contributed by atoms with van der Waals surface area (Å²) in [5, 5.41) is 6.88. The van der Waals surface area contributed by atoms with Crippen molar-refractivity contribution in [3.63, 3.8) is 0 Å². The van der Waals surface area contributed by atoms with Gasteiger partial charge in [0, 0.05) is 18.5 Å². The molecule has 4 rings (SSSR count). The molecule has 1 amide bonds. The molecule has 3 aromatic heterocycles. The summed E-state index contributed by atoms with van der Waals surface area (Å²) in [5.74, 6) is 1.93. The van der Waals surface area contributed by atoms with Gasteiger partial charge in [-0.2, -0.15) is 5.10 Å². The first kappa shape index (κ1) is 16.5. The van der Waals surface area contributed by atoms with Crippen LogP contribution < -0.4 is 10.1 Å². The average molecular weight is 361 g/mol. The predicted octanol–water partition coefficient (Wildman–Crippen LogP) is 2.94. The Morgan fingerprint density at radius 3 is 2.74 bits per heavy atom. The molecule has 3 heterocycles. The molecule has 0 radical (unpaired) electrons. The fraction of sp³-hybridized carbons (Fsp3) is 0.0526. The standard InChI is InChI=1S/C19H15N5O3/c25-18(13-27-14-6-2-1-3-7-14)21-16-12-17(24-10-5-9-20-24)23-19(22-16)15-8-4-11-26-15/h1-12H,13H2,(H,21,22,23,25). The van der Waals surface area contributed by atoms with Crippen LogP contribution in [0.5, 0.6) is 5.75 Å². The number of hydrogen-bond donors (Lipinski definition) is 1. The highest BCUT2D eigenvalue weighted by Crippen LogP contribution is 2.20. The van der Waals surface area contributed by atoms with E-state index in [0.717, 1.165) is 0 Å². The SMILES string of the molecule is O=C(COc1ccccc1)Nc1cc(-n2cccn2)nc(-c2ccco2)n1. The molecular weight excluding hydrogens is 346 g/mol. The summed E-state index contributed by atoms with van der Waals surface area (Å²) in [6.45, 7) is -0.138. The number of rotatable bonds is 6. The number of amides is 1. The van der Waals surface area contributed by atoms with Gasteiger partial charge in [0.1, 0.15) is 11.6 Å². The number of ether oxygens (including phenoxy) is 1. The minimum atomic E-state index is -0.339. The third kappa shape index (κ3) is 4.01. The lowest BCUT2D eigenvalue weighted by Crippen LogP contribution is -2.21. The van der Waals surface area contributed by atoms with Crippen LogP contribution in [-0.2, 0) is 4.79 Å². The Kier molecular flexibility index (Phi) is 4.60. The van der Waals surface area contributed by atoms with Crippen molar-refractivity contribution < 1.29 is 13.9 Å². The van der Waals surface area contributed by atoms with E-state index in [1.165, 1.54) is 6.26 Å². The van der Waals surface area contributed by atoms with Gasteiger partial charge in [0.05, 0.1) is 6.26 Å². The van der Waals surface area contributed by atoms with Crippen LogP contribution in [0, 0.1) is 0 Å². The molecule has 1 aromatic carbocycles. The number of carbonyl (C=O) groups excluding carboxylic acids is 1. The quantitative estimate of drug-likeness (QED) is 0.567. The fourth-order valence-corrected chi connectivity index (χ4v) is 2.38. The number of furan rings is 1. The zero-order chi connectivity index (χ0) is 18.5. The smallest absolute Gasteiger partial charge is 0.263 e. The van der Waals surface area contributed by atoms with Crippen LogP contribution in [0.2, 0.25) is 0 Å². The number of anilines is 1. The van der Waals surface area contributed by atoms with Crippen molar-refractivity contribution in [1.82, 2.24) is 19.7 Å². The number of benzene rings is 1. The van der Waals surface area contributed by atoms with Crippen molar-refractivity contribution in [3.8, 4) is 23.2 Å². The van der Waals surface area contributed by atoms with Crippen molar-refractivity contribution in [3.05, 3.63) is 73.3 Å². The predicted molar refractivity (Wildman–Crippen MR) is 97.4 cm³/mol. The maximum absolute atomic E-state index is 12.2. The number of aromatic nitrogens is 4. The lowest BCUT2D eigenvalue weighted by atomic mass is 10.3. The fourth-order valence-electron chi connectivity index (χ4n) is 2.38. The molecule has 0 saturated heterocycles. The number of carbonyl (C=O) groups is 1. The van der Waals surface area contributed by atoms with E-state index in [1.54, 1.807) is 53.5 Å². The van der Waals surface area contributed by atoms with Crippen molar-refractivity contribution in [1.29, 1.82) is 0 Å². The highest BCUT2D eigenvalue weighted by Gasteiger charge is 2.13. The van der Waals surface area contributed by atoms with Gasteiger partial charge < -0.3 is 14.5 Å². The molecule has 0 aliphatic heterocycles. The van der Waals surface area contributed by atoms with Crippen LogP contribution in [0.4, 0.5) is 5.82 Å². The normalized spacial score (nSPS) is 10.5. The minimum absolute atomic E-state index is 0.138. The molecule has 1 N–H and O–H groups in total. The summed E-state index contributed by atoms with van der Waals surface area (Å²) < 4.78 is 12.4. The highest BCUT2D eigenvalue weighted by molar-refractivity contribution is 5.91. The van der Waals surface area contributed by atoms with Crippen LogP contribution in [0.3, 0.4) is 0 Å². The van der Waals surface area contributed by atoms with E-state index in [-0.39, 0.29) is 12.5 Å². The maximum Gasteiger partial charge on any atom is 0.263 e. The lowest BCUT2D eigenvalue weighted by molar-refractivity contribution is -0.118. The van der Waals surface area contributed by atoms with E-state index in [9.17, 15) is 4.79 Å². The van der Waals surface area contributed by atoms with E-state index in [4.69, 9.17) is 9.15 Å². The van der Waals surface area contributed by atoms with Gasteiger partial charge in [-0.15, -0.1) is 0 Å². The molecule has 0 spiro atoms. The molecule has 0 saturated carbocycles. The van der Waals surface area contributed by atoms with Crippen LogP contribution in [0.15, 0.2) is 77.7 Å². The third-order valence-corrected chi connectivity index (χ3v) is 3.57. The average Bonchev–Trinajstić information content (AvgIpc) is 3.41. The first-order valence-electron chi connectivity index (χ1n) is 8.18. The topological polar surface area (TPSA) is 95.1 Å². The summed E-state index contributed by atoms with van der Waals surface area (Å²) in [4.78, 5) is 21.0. The molecule has 8 heteroatoms. The Balaban J connectivity index is 1.55. The number of nitrogens with one attached hydrogen (secondary N) is 1. The molecule has 0 bridgehead atoms. The Hall–Kier alpha value is -3.94. The van der Waals surface area contributed by atoms with Gasteiger partial charge in [-0.05, 0) is 30.3 Å². The molecule has 8 nitrogen and oxygen atoms in total. The van der Waals surface area contributed by atoms with Crippen molar-refractivity contribution in [2.45, 2.75) is 0 Å². The molecule has 0 aliphatic carbocycles. The van der Waals surface area contributed by atoms with E-state index in [1.807, 2.05) is 18.2 Å². The first-order valence-corrected chi connectivity index (χ1v) is 8.18. The molecule has 0 unspecified atom stereocenters. The Bertz CT molecular complexity index is 962. The molecule has 27 heavy (non-hydrogen) atoms. The highest BCUT2D eigenvalue weighted by atomic mass is 16.5. The van der Waals surface area contributed by atoms with E-state index in [0.29, 0.717) is 29.0 Å². The van der Waals surface area contributed by atoms with Gasteiger partial charge in [0.15, 0.2) is 24.0 Å². The van der Waals surface area contributed by atoms with Gasteiger partial charge in [-0.3, -0.25) is 4.79 Å². The van der Waals surface area contributed by atoms with E-state index in [2.05, 4.69) is 20.4 Å². The summed E-state index contributed by atoms with van der Waals surface area (Å²) in [5.41, 5.74) is 0. The van der Waals surface area contributed by atoms with E-state index >= 15 is 0 Å². The van der Waals surface area contributed by atoms with Crippen LogP contribution in [0.1, 0.15) is 0 Å². The number of nitrogens with zero attached hydrogens (tertiary/aromatic N) is 4. The van der Waals surface area contributed by atoms with Crippen molar-refractivity contribution >= 4 is 11.7 Å². The Morgan fingerprint density at radius 1 is 1.11 bits per heavy atom. The zero-order valence-electron chi connectivity index (χ0n) is 14.1. The van der Waals surface area contributed by atoms with Crippen LogP contribution in [0.25, 0.3) is 17.4 Å². The third-order valence-electron chi connectivity index (χ3n) is 3.57. The second kappa shape index (κ2) is 7.52. The number of hydrogen-bond acceptors (Lipinski definition) is 6. The lowest BCUT2D eigenvalue weighted by Gasteiger charge is -2.09. The molecule has 4 aromatic rings. The second-order valence-electron chi connectivity index (χ2n) is 5.51. The first-order chi connectivity index (χ1) is 13.3. The minimum Gasteiger partial charge on any atom is -0.484 e. The van der Waals surface area contributed by atoms with Crippen LogP contribution >= 0.6 is 0 Å². The van der Waals surface area contributed by atoms with Crippen molar-refractivity contribution in [2.75, 3.05) is 11.9 Å². The Morgan fingerprint density at radius 2 is 2.00 bits per heavy atom. The summed E-state index contributed by atoms with van der Waals surface area (Å²) >= 11 is 0.